The van der Waals surface area contributed by atoms with E-state index in [4.69, 9.17) is 11.5 Å². The molecule has 0 fully saturated rings. The normalized spacial score (nSPS) is 11.9. The van der Waals surface area contributed by atoms with Crippen LogP contribution in [0.1, 0.15) is 50.5 Å². The number of carbonyl (C=O) groups is 1. The predicted octanol–water partition coefficient (Wildman–Crippen LogP) is 2.76. The molecule has 0 bridgehead atoms. The van der Waals surface area contributed by atoms with Gasteiger partial charge in [-0.1, -0.05) is 61.0 Å². The molecule has 0 saturated heterocycles. The van der Waals surface area contributed by atoms with Crippen molar-refractivity contribution < 1.29 is 4.79 Å². The molecule has 0 radical (unpaired) electrons. The van der Waals surface area contributed by atoms with Crippen molar-refractivity contribution in [2.75, 3.05) is 45.8 Å². The van der Waals surface area contributed by atoms with Gasteiger partial charge in [0.15, 0.2) is 0 Å². The number of benzene rings is 2. The molecular formula is C29H48N6O. The second-order valence-corrected chi connectivity index (χ2v) is 9.34. The van der Waals surface area contributed by atoms with E-state index in [0.29, 0.717) is 6.54 Å². The molecule has 200 valence electrons. The molecule has 0 aliphatic carbocycles. The van der Waals surface area contributed by atoms with Crippen LogP contribution >= 0.6 is 0 Å². The third-order valence-corrected chi connectivity index (χ3v) is 6.19. The molecule has 0 spiro atoms. The van der Waals surface area contributed by atoms with E-state index in [1.807, 2.05) is 6.07 Å². The third kappa shape index (κ3) is 13.7. The fraction of sp³-hybridized carbons (Fsp3) is 0.552. The SMILES string of the molecule is NCCCNCCCCNCCCNC(=O)[C@H](N)CCCCNCc1ccc(-c2ccccc2)cc1. The van der Waals surface area contributed by atoms with E-state index in [1.165, 1.54) is 23.1 Å². The Morgan fingerprint density at radius 2 is 1.25 bits per heavy atom. The van der Waals surface area contributed by atoms with Gasteiger partial charge in [0.2, 0.25) is 5.91 Å². The second-order valence-electron chi connectivity index (χ2n) is 9.34. The van der Waals surface area contributed by atoms with Crippen LogP contribution in [0.15, 0.2) is 54.6 Å². The fourth-order valence-corrected chi connectivity index (χ4v) is 3.96. The number of amides is 1. The van der Waals surface area contributed by atoms with Crippen LogP contribution in [0, 0.1) is 0 Å². The van der Waals surface area contributed by atoms with Gasteiger partial charge in [-0.25, -0.2) is 0 Å². The van der Waals surface area contributed by atoms with Crippen molar-refractivity contribution in [2.24, 2.45) is 11.5 Å². The Bertz CT molecular complexity index is 799. The molecule has 0 aliphatic heterocycles. The molecule has 7 nitrogen and oxygen atoms in total. The van der Waals surface area contributed by atoms with Gasteiger partial charge in [-0.05, 0) is 94.5 Å². The zero-order valence-electron chi connectivity index (χ0n) is 21.9. The van der Waals surface area contributed by atoms with Gasteiger partial charge >= 0.3 is 0 Å². The largest absolute Gasteiger partial charge is 0.355 e. The number of unbranched alkanes of at least 4 members (excludes halogenated alkanes) is 2. The molecule has 0 aromatic heterocycles. The number of nitrogens with one attached hydrogen (secondary N) is 4. The average molecular weight is 497 g/mol. The highest BCUT2D eigenvalue weighted by Crippen LogP contribution is 2.19. The zero-order valence-corrected chi connectivity index (χ0v) is 21.9. The summed E-state index contributed by atoms with van der Waals surface area (Å²) in [5, 5.41) is 13.3. The average Bonchev–Trinajstić information content (AvgIpc) is 2.91. The quantitative estimate of drug-likeness (QED) is 0.148. The van der Waals surface area contributed by atoms with Crippen molar-refractivity contribution >= 4 is 5.91 Å². The van der Waals surface area contributed by atoms with Crippen LogP contribution in [-0.4, -0.2) is 57.8 Å². The lowest BCUT2D eigenvalue weighted by molar-refractivity contribution is -0.122. The van der Waals surface area contributed by atoms with Gasteiger partial charge in [-0.2, -0.15) is 0 Å². The molecule has 0 saturated carbocycles. The fourth-order valence-electron chi connectivity index (χ4n) is 3.96. The molecule has 2 aromatic carbocycles. The number of hydrogen-bond acceptors (Lipinski definition) is 6. The monoisotopic (exact) mass is 496 g/mol. The number of hydrogen-bond donors (Lipinski definition) is 6. The molecule has 8 N–H and O–H groups in total. The lowest BCUT2D eigenvalue weighted by atomic mass is 10.0. The van der Waals surface area contributed by atoms with Crippen LogP contribution in [0.4, 0.5) is 0 Å². The Morgan fingerprint density at radius 3 is 1.94 bits per heavy atom. The van der Waals surface area contributed by atoms with Gasteiger partial charge in [-0.15, -0.1) is 0 Å². The molecule has 2 rings (SSSR count). The minimum Gasteiger partial charge on any atom is -0.355 e. The number of nitrogens with two attached hydrogens (primary N) is 2. The lowest BCUT2D eigenvalue weighted by Crippen LogP contribution is -2.41. The Labute approximate surface area is 218 Å². The Kier molecular flexibility index (Phi) is 16.5. The van der Waals surface area contributed by atoms with Gasteiger partial charge in [0.05, 0.1) is 6.04 Å². The summed E-state index contributed by atoms with van der Waals surface area (Å²) in [6, 6.07) is 18.7. The summed E-state index contributed by atoms with van der Waals surface area (Å²) in [6.45, 7) is 7.17. The highest BCUT2D eigenvalue weighted by Gasteiger charge is 2.11. The maximum Gasteiger partial charge on any atom is 0.236 e. The maximum atomic E-state index is 12.2. The predicted molar refractivity (Wildman–Crippen MR) is 152 cm³/mol. The smallest absolute Gasteiger partial charge is 0.236 e. The van der Waals surface area contributed by atoms with Gasteiger partial charge in [-0.3, -0.25) is 4.79 Å². The summed E-state index contributed by atoms with van der Waals surface area (Å²) in [5.41, 5.74) is 15.3. The van der Waals surface area contributed by atoms with Crippen molar-refractivity contribution in [3.63, 3.8) is 0 Å². The van der Waals surface area contributed by atoms with Crippen LogP contribution < -0.4 is 32.7 Å². The second kappa shape index (κ2) is 19.8. The highest BCUT2D eigenvalue weighted by molar-refractivity contribution is 5.81. The third-order valence-electron chi connectivity index (χ3n) is 6.19. The first-order valence-corrected chi connectivity index (χ1v) is 13.7. The van der Waals surface area contributed by atoms with E-state index in [1.54, 1.807) is 0 Å². The summed E-state index contributed by atoms with van der Waals surface area (Å²) >= 11 is 0. The van der Waals surface area contributed by atoms with Gasteiger partial charge in [0.1, 0.15) is 0 Å². The number of rotatable bonds is 21. The standard InChI is InChI=1S/C29H48N6O/c30-17-8-21-32-18-6-7-19-33-22-9-23-35-29(36)28(31)12-4-5-20-34-24-25-13-15-27(16-14-25)26-10-2-1-3-11-26/h1-3,10-11,13-16,28,32-34H,4-9,12,17-24,30-31H2,(H,35,36)/t28-/m1/s1. The van der Waals surface area contributed by atoms with Crippen LogP contribution in [0.5, 0.6) is 0 Å². The van der Waals surface area contributed by atoms with Crippen molar-refractivity contribution in [3.8, 4) is 11.1 Å². The molecule has 7 heteroatoms. The van der Waals surface area contributed by atoms with E-state index in [9.17, 15) is 4.79 Å². The van der Waals surface area contributed by atoms with Crippen molar-refractivity contribution in [2.45, 2.75) is 57.5 Å². The molecule has 36 heavy (non-hydrogen) atoms. The van der Waals surface area contributed by atoms with Gasteiger partial charge in [0.25, 0.3) is 0 Å². The topological polar surface area (TPSA) is 117 Å². The molecule has 1 atom stereocenters. The van der Waals surface area contributed by atoms with E-state index < -0.39 is 6.04 Å². The summed E-state index contributed by atoms with van der Waals surface area (Å²) in [7, 11) is 0. The molecular weight excluding hydrogens is 448 g/mol. The molecule has 2 aromatic rings. The minimum absolute atomic E-state index is 0.0370. The van der Waals surface area contributed by atoms with Gasteiger partial charge in [0, 0.05) is 13.1 Å². The van der Waals surface area contributed by atoms with Crippen molar-refractivity contribution in [1.82, 2.24) is 21.3 Å². The summed E-state index contributed by atoms with van der Waals surface area (Å²) in [5.74, 6) is -0.0370. The van der Waals surface area contributed by atoms with E-state index >= 15 is 0 Å². The van der Waals surface area contributed by atoms with Crippen molar-refractivity contribution in [1.29, 1.82) is 0 Å². The Balaban J connectivity index is 1.40. The van der Waals surface area contributed by atoms with Crippen LogP contribution in [0.3, 0.4) is 0 Å². The lowest BCUT2D eigenvalue weighted by Gasteiger charge is -2.13. The first-order valence-electron chi connectivity index (χ1n) is 13.7. The molecule has 0 unspecified atom stereocenters. The summed E-state index contributed by atoms with van der Waals surface area (Å²) in [6.07, 6.45) is 6.95. The van der Waals surface area contributed by atoms with Crippen molar-refractivity contribution in [3.05, 3.63) is 60.2 Å². The molecule has 1 amide bonds. The van der Waals surface area contributed by atoms with E-state index in [-0.39, 0.29) is 5.91 Å². The summed E-state index contributed by atoms with van der Waals surface area (Å²) in [4.78, 5) is 12.2. The highest BCUT2D eigenvalue weighted by atomic mass is 16.2. The maximum absolute atomic E-state index is 12.2. The zero-order chi connectivity index (χ0) is 25.7. The van der Waals surface area contributed by atoms with E-state index in [0.717, 1.165) is 84.3 Å². The summed E-state index contributed by atoms with van der Waals surface area (Å²) < 4.78 is 0. The first-order chi connectivity index (χ1) is 17.7. The first kappa shape index (κ1) is 29.9. The van der Waals surface area contributed by atoms with Crippen LogP contribution in [-0.2, 0) is 11.3 Å². The molecule has 0 aliphatic rings. The Hall–Kier alpha value is -2.29. The minimum atomic E-state index is -0.421. The Morgan fingerprint density at radius 1 is 0.667 bits per heavy atom. The van der Waals surface area contributed by atoms with Gasteiger partial charge < -0.3 is 32.7 Å². The van der Waals surface area contributed by atoms with E-state index in [2.05, 4.69) is 69.8 Å². The number of carbonyl (C=O) groups excluding carboxylic acids is 1. The van der Waals surface area contributed by atoms with Crippen LogP contribution in [0.2, 0.25) is 0 Å². The molecule has 0 heterocycles. The van der Waals surface area contributed by atoms with Crippen LogP contribution in [0.25, 0.3) is 11.1 Å².